The number of amides is 1. The smallest absolute Gasteiger partial charge is 0.278 e. The van der Waals surface area contributed by atoms with E-state index in [1.165, 1.54) is 17.0 Å². The highest BCUT2D eigenvalue weighted by Crippen LogP contribution is 2.18. The minimum Gasteiger partial charge on any atom is -0.360 e. The second-order valence-corrected chi connectivity index (χ2v) is 6.13. The van der Waals surface area contributed by atoms with E-state index in [0.29, 0.717) is 6.04 Å². The van der Waals surface area contributed by atoms with Crippen LogP contribution >= 0.6 is 0 Å². The molecule has 2 aliphatic rings. The molecule has 1 atom stereocenters. The summed E-state index contributed by atoms with van der Waals surface area (Å²) in [5.74, 6) is -0.0175. The third-order valence-electron chi connectivity index (χ3n) is 4.53. The lowest BCUT2D eigenvalue weighted by atomic mass is 10.2. The van der Waals surface area contributed by atoms with Gasteiger partial charge in [0, 0.05) is 11.7 Å². The molecule has 5 heteroatoms. The van der Waals surface area contributed by atoms with Crippen LogP contribution < -0.4 is 15.1 Å². The van der Waals surface area contributed by atoms with Crippen LogP contribution in [0.2, 0.25) is 0 Å². The third kappa shape index (κ3) is 3.53. The molecule has 2 N–H and O–H groups in total. The SMILES string of the molecule is C[C@@H](C(=O)NC1CC1)[NH+]1CCN(c2ccc(F)cc2)CC1. The topological polar surface area (TPSA) is 36.8 Å². The average Bonchev–Trinajstić information content (AvgIpc) is 3.31. The number of anilines is 1. The third-order valence-corrected chi connectivity index (χ3v) is 4.53. The van der Waals surface area contributed by atoms with Crippen LogP contribution in [-0.4, -0.2) is 44.2 Å². The van der Waals surface area contributed by atoms with Gasteiger partial charge in [0.15, 0.2) is 6.04 Å². The monoisotopic (exact) mass is 292 g/mol. The van der Waals surface area contributed by atoms with Crippen molar-refractivity contribution in [2.24, 2.45) is 0 Å². The van der Waals surface area contributed by atoms with Gasteiger partial charge in [-0.15, -0.1) is 0 Å². The molecule has 114 valence electrons. The average molecular weight is 292 g/mol. The van der Waals surface area contributed by atoms with E-state index in [1.807, 2.05) is 19.1 Å². The lowest BCUT2D eigenvalue weighted by Crippen LogP contribution is -3.19. The zero-order chi connectivity index (χ0) is 14.8. The summed E-state index contributed by atoms with van der Waals surface area (Å²) in [4.78, 5) is 15.7. The Labute approximate surface area is 124 Å². The predicted octanol–water partition coefficient (Wildman–Crippen LogP) is 0.198. The second kappa shape index (κ2) is 6.02. The Morgan fingerprint density at radius 3 is 2.48 bits per heavy atom. The molecular weight excluding hydrogens is 269 g/mol. The number of hydrogen-bond donors (Lipinski definition) is 2. The van der Waals surface area contributed by atoms with Gasteiger partial charge in [-0.1, -0.05) is 0 Å². The maximum Gasteiger partial charge on any atom is 0.278 e. The first-order valence-electron chi connectivity index (χ1n) is 7.79. The Kier molecular flexibility index (Phi) is 4.10. The summed E-state index contributed by atoms with van der Waals surface area (Å²) < 4.78 is 13.0. The first kappa shape index (κ1) is 14.3. The first-order valence-corrected chi connectivity index (χ1v) is 7.79. The fraction of sp³-hybridized carbons (Fsp3) is 0.562. The lowest BCUT2D eigenvalue weighted by molar-refractivity contribution is -0.914. The number of nitrogens with one attached hydrogen (secondary N) is 2. The van der Waals surface area contributed by atoms with Gasteiger partial charge in [0.1, 0.15) is 5.82 Å². The normalized spacial score (nSPS) is 21.1. The van der Waals surface area contributed by atoms with Crippen LogP contribution in [0.15, 0.2) is 24.3 Å². The van der Waals surface area contributed by atoms with Crippen molar-refractivity contribution in [1.29, 1.82) is 0 Å². The van der Waals surface area contributed by atoms with Gasteiger partial charge in [0.05, 0.1) is 26.2 Å². The van der Waals surface area contributed by atoms with Crippen molar-refractivity contribution < 1.29 is 14.1 Å². The minimum absolute atomic E-state index is 0.0148. The Morgan fingerprint density at radius 1 is 1.29 bits per heavy atom. The molecule has 0 spiro atoms. The molecule has 21 heavy (non-hydrogen) atoms. The number of piperazine rings is 1. The van der Waals surface area contributed by atoms with Gasteiger partial charge >= 0.3 is 0 Å². The molecule has 1 aliphatic carbocycles. The molecule has 1 saturated carbocycles. The van der Waals surface area contributed by atoms with Crippen molar-refractivity contribution in [2.75, 3.05) is 31.1 Å². The summed E-state index contributed by atoms with van der Waals surface area (Å²) in [7, 11) is 0. The molecule has 1 saturated heterocycles. The molecular formula is C16H23FN3O+. The van der Waals surface area contributed by atoms with Gasteiger partial charge in [-0.2, -0.15) is 0 Å². The predicted molar refractivity (Wildman–Crippen MR) is 79.9 cm³/mol. The minimum atomic E-state index is -0.201. The van der Waals surface area contributed by atoms with Crippen molar-refractivity contribution in [1.82, 2.24) is 5.32 Å². The number of hydrogen-bond acceptors (Lipinski definition) is 2. The van der Waals surface area contributed by atoms with E-state index in [2.05, 4.69) is 10.2 Å². The number of carbonyl (C=O) groups is 1. The van der Waals surface area contributed by atoms with Gasteiger partial charge in [-0.05, 0) is 44.0 Å². The molecule has 1 aromatic rings. The Bertz CT molecular complexity index is 493. The number of halogens is 1. The summed E-state index contributed by atoms with van der Waals surface area (Å²) in [5, 5.41) is 3.09. The van der Waals surface area contributed by atoms with Crippen LogP contribution in [0.3, 0.4) is 0 Å². The van der Waals surface area contributed by atoms with Crippen molar-refractivity contribution in [3.05, 3.63) is 30.1 Å². The molecule has 1 heterocycles. The summed E-state index contributed by atoms with van der Waals surface area (Å²) >= 11 is 0. The number of benzene rings is 1. The van der Waals surface area contributed by atoms with Crippen molar-refractivity contribution in [3.8, 4) is 0 Å². The van der Waals surface area contributed by atoms with Gasteiger partial charge in [-0.25, -0.2) is 4.39 Å². The number of nitrogens with zero attached hydrogens (tertiary/aromatic N) is 1. The lowest BCUT2D eigenvalue weighted by Gasteiger charge is -2.36. The zero-order valence-electron chi connectivity index (χ0n) is 12.4. The van der Waals surface area contributed by atoms with Crippen molar-refractivity contribution in [3.63, 3.8) is 0 Å². The molecule has 1 amide bonds. The molecule has 0 bridgehead atoms. The molecule has 3 rings (SSSR count). The van der Waals surface area contributed by atoms with Crippen LogP contribution in [-0.2, 0) is 4.79 Å². The molecule has 2 fully saturated rings. The molecule has 0 aromatic heterocycles. The first-order chi connectivity index (χ1) is 10.1. The van der Waals surface area contributed by atoms with E-state index in [4.69, 9.17) is 0 Å². The van der Waals surface area contributed by atoms with Crippen LogP contribution in [0.25, 0.3) is 0 Å². The quantitative estimate of drug-likeness (QED) is 0.832. The van der Waals surface area contributed by atoms with Crippen LogP contribution in [0.5, 0.6) is 0 Å². The molecule has 1 aromatic carbocycles. The van der Waals surface area contributed by atoms with Crippen LogP contribution in [0.1, 0.15) is 19.8 Å². The Morgan fingerprint density at radius 2 is 1.90 bits per heavy atom. The molecule has 0 unspecified atom stereocenters. The highest BCUT2D eigenvalue weighted by molar-refractivity contribution is 5.80. The summed E-state index contributed by atoms with van der Waals surface area (Å²) in [6.07, 6.45) is 2.26. The molecule has 1 aliphatic heterocycles. The van der Waals surface area contributed by atoms with E-state index >= 15 is 0 Å². The summed E-state index contributed by atoms with van der Waals surface area (Å²) in [6, 6.07) is 7.09. The highest BCUT2D eigenvalue weighted by atomic mass is 19.1. The van der Waals surface area contributed by atoms with Gasteiger partial charge in [0.2, 0.25) is 0 Å². The summed E-state index contributed by atoms with van der Waals surface area (Å²) in [6.45, 7) is 5.71. The van der Waals surface area contributed by atoms with E-state index in [1.54, 1.807) is 0 Å². The van der Waals surface area contributed by atoms with Crippen molar-refractivity contribution >= 4 is 11.6 Å². The Hall–Kier alpha value is -1.62. The van der Waals surface area contributed by atoms with Crippen LogP contribution in [0, 0.1) is 5.82 Å². The standard InChI is InChI=1S/C16H22FN3O/c1-12(16(21)18-14-4-5-14)19-8-10-20(11-9-19)15-6-2-13(17)3-7-15/h2-3,6-7,12,14H,4-5,8-11H2,1H3,(H,18,21)/p+1/t12-/m0/s1. The summed E-state index contributed by atoms with van der Waals surface area (Å²) in [5.41, 5.74) is 1.06. The number of rotatable bonds is 4. The number of carbonyl (C=O) groups excluding carboxylic acids is 1. The van der Waals surface area contributed by atoms with Crippen LogP contribution in [0.4, 0.5) is 10.1 Å². The molecule has 4 nitrogen and oxygen atoms in total. The number of quaternary nitrogens is 1. The van der Waals surface area contributed by atoms with E-state index in [9.17, 15) is 9.18 Å². The maximum atomic E-state index is 13.0. The van der Waals surface area contributed by atoms with Crippen molar-refractivity contribution in [2.45, 2.75) is 31.8 Å². The maximum absolute atomic E-state index is 13.0. The van der Waals surface area contributed by atoms with Gasteiger partial charge in [-0.3, -0.25) is 4.79 Å². The molecule has 0 radical (unpaired) electrons. The fourth-order valence-corrected chi connectivity index (χ4v) is 2.88. The fourth-order valence-electron chi connectivity index (χ4n) is 2.88. The van der Waals surface area contributed by atoms with Gasteiger partial charge in [0.25, 0.3) is 5.91 Å². The highest BCUT2D eigenvalue weighted by Gasteiger charge is 2.32. The Balaban J connectivity index is 1.52. The van der Waals surface area contributed by atoms with E-state index < -0.39 is 0 Å². The second-order valence-electron chi connectivity index (χ2n) is 6.13. The zero-order valence-corrected chi connectivity index (χ0v) is 12.4. The largest absolute Gasteiger partial charge is 0.360 e. The van der Waals surface area contributed by atoms with E-state index in [0.717, 1.165) is 44.7 Å². The van der Waals surface area contributed by atoms with E-state index in [-0.39, 0.29) is 17.8 Å². The van der Waals surface area contributed by atoms with Gasteiger partial charge < -0.3 is 15.1 Å².